The quantitative estimate of drug-likeness (QED) is 0.872. The minimum absolute atomic E-state index is 0.437. The predicted molar refractivity (Wildman–Crippen MR) is 72.5 cm³/mol. The summed E-state index contributed by atoms with van der Waals surface area (Å²) in [5, 5.41) is 8.07. The van der Waals surface area contributed by atoms with Crippen LogP contribution in [0.4, 0.5) is 0 Å². The zero-order valence-electron chi connectivity index (χ0n) is 11.8. The van der Waals surface area contributed by atoms with E-state index in [1.54, 1.807) is 0 Å². The van der Waals surface area contributed by atoms with Crippen molar-refractivity contribution >= 4 is 0 Å². The highest BCUT2D eigenvalue weighted by molar-refractivity contribution is 5.20. The van der Waals surface area contributed by atoms with Crippen molar-refractivity contribution in [3.63, 3.8) is 0 Å². The van der Waals surface area contributed by atoms with Crippen LogP contribution < -0.4 is 5.32 Å². The first-order chi connectivity index (χ1) is 8.70. The number of nitrogens with one attached hydrogen (secondary N) is 1. The van der Waals surface area contributed by atoms with E-state index in [-0.39, 0.29) is 0 Å². The van der Waals surface area contributed by atoms with E-state index in [0.29, 0.717) is 6.04 Å². The Balaban J connectivity index is 2.04. The highest BCUT2D eigenvalue weighted by Gasteiger charge is 2.22. The summed E-state index contributed by atoms with van der Waals surface area (Å²) in [5.74, 6) is 0.780. The van der Waals surface area contributed by atoms with E-state index in [9.17, 15) is 0 Å². The molecule has 4 nitrogen and oxygen atoms in total. The van der Waals surface area contributed by atoms with E-state index in [2.05, 4.69) is 30.5 Å². The van der Waals surface area contributed by atoms with E-state index < -0.39 is 0 Å². The summed E-state index contributed by atoms with van der Waals surface area (Å²) < 4.78 is 7.35. The lowest BCUT2D eigenvalue weighted by Gasteiger charge is -2.27. The molecule has 1 aromatic heterocycles. The number of aryl methyl sites for hydroxylation is 2. The third-order valence-corrected chi connectivity index (χ3v) is 3.79. The van der Waals surface area contributed by atoms with Gasteiger partial charge in [0, 0.05) is 38.1 Å². The monoisotopic (exact) mass is 251 g/mol. The lowest BCUT2D eigenvalue weighted by atomic mass is 9.89. The number of aromatic nitrogens is 2. The molecule has 0 aliphatic carbocycles. The largest absolute Gasteiger partial charge is 0.381 e. The molecular formula is C14H25N3O. The number of ether oxygens (including phenoxy) is 1. The molecule has 0 amide bonds. The molecule has 0 spiro atoms. The van der Waals surface area contributed by atoms with Crippen LogP contribution in [0, 0.1) is 12.8 Å². The second-order valence-electron chi connectivity index (χ2n) is 5.25. The van der Waals surface area contributed by atoms with Gasteiger partial charge in [0.1, 0.15) is 0 Å². The molecule has 0 bridgehead atoms. The maximum Gasteiger partial charge on any atom is 0.0641 e. The van der Waals surface area contributed by atoms with Crippen molar-refractivity contribution in [3.8, 4) is 0 Å². The Bertz CT molecular complexity index is 369. The van der Waals surface area contributed by atoms with Crippen molar-refractivity contribution in [1.82, 2.24) is 15.1 Å². The molecule has 1 fully saturated rings. The van der Waals surface area contributed by atoms with Gasteiger partial charge in [0.25, 0.3) is 0 Å². The van der Waals surface area contributed by atoms with Gasteiger partial charge in [-0.2, -0.15) is 5.10 Å². The number of rotatable bonds is 5. The van der Waals surface area contributed by atoms with Crippen molar-refractivity contribution in [2.24, 2.45) is 13.0 Å². The van der Waals surface area contributed by atoms with Gasteiger partial charge in [-0.25, -0.2) is 0 Å². The Kier molecular flexibility index (Phi) is 4.78. The standard InChI is InChI=1S/C14H25N3O/c1-4-15-14(9-12-5-7-18-8-6-12)13-10-17(3)16-11(13)2/h10,12,14-15H,4-9H2,1-3H3. The van der Waals surface area contributed by atoms with Gasteiger partial charge in [-0.3, -0.25) is 4.68 Å². The molecular weight excluding hydrogens is 226 g/mol. The molecule has 2 rings (SSSR count). The summed E-state index contributed by atoms with van der Waals surface area (Å²) in [6, 6.07) is 0.437. The van der Waals surface area contributed by atoms with Crippen LogP contribution in [0.1, 0.15) is 43.5 Å². The Morgan fingerprint density at radius 1 is 1.50 bits per heavy atom. The maximum absolute atomic E-state index is 5.44. The van der Waals surface area contributed by atoms with Gasteiger partial charge in [0.05, 0.1) is 5.69 Å². The van der Waals surface area contributed by atoms with Gasteiger partial charge in [0.15, 0.2) is 0 Å². The van der Waals surface area contributed by atoms with Crippen LogP contribution in [0.3, 0.4) is 0 Å². The summed E-state index contributed by atoms with van der Waals surface area (Å²) >= 11 is 0. The van der Waals surface area contributed by atoms with Crippen molar-refractivity contribution in [3.05, 3.63) is 17.5 Å². The Morgan fingerprint density at radius 3 is 2.78 bits per heavy atom. The zero-order valence-corrected chi connectivity index (χ0v) is 11.8. The first kappa shape index (κ1) is 13.6. The topological polar surface area (TPSA) is 39.1 Å². The smallest absolute Gasteiger partial charge is 0.0641 e. The highest BCUT2D eigenvalue weighted by atomic mass is 16.5. The van der Waals surface area contributed by atoms with Gasteiger partial charge < -0.3 is 10.1 Å². The van der Waals surface area contributed by atoms with Crippen LogP contribution in [0.15, 0.2) is 6.20 Å². The third kappa shape index (κ3) is 3.33. The fourth-order valence-electron chi connectivity index (χ4n) is 2.84. The second-order valence-corrected chi connectivity index (χ2v) is 5.25. The molecule has 1 aliphatic rings. The molecule has 0 radical (unpaired) electrons. The molecule has 0 saturated carbocycles. The SMILES string of the molecule is CCNC(CC1CCOCC1)c1cn(C)nc1C. The highest BCUT2D eigenvalue weighted by Crippen LogP contribution is 2.28. The van der Waals surface area contributed by atoms with E-state index in [1.165, 1.54) is 24.8 Å². The second kappa shape index (κ2) is 6.34. The van der Waals surface area contributed by atoms with Crippen LogP contribution in [-0.2, 0) is 11.8 Å². The first-order valence-electron chi connectivity index (χ1n) is 7.02. The maximum atomic E-state index is 5.44. The third-order valence-electron chi connectivity index (χ3n) is 3.79. The Labute approximate surface area is 110 Å². The van der Waals surface area contributed by atoms with E-state index in [4.69, 9.17) is 4.74 Å². The number of hydrogen-bond donors (Lipinski definition) is 1. The molecule has 1 saturated heterocycles. The van der Waals surface area contributed by atoms with Gasteiger partial charge >= 0.3 is 0 Å². The van der Waals surface area contributed by atoms with Crippen molar-refractivity contribution in [2.45, 2.75) is 39.2 Å². The molecule has 4 heteroatoms. The van der Waals surface area contributed by atoms with Crippen LogP contribution in [-0.4, -0.2) is 29.5 Å². The van der Waals surface area contributed by atoms with Crippen LogP contribution in [0.5, 0.6) is 0 Å². The molecule has 1 unspecified atom stereocenters. The summed E-state index contributed by atoms with van der Waals surface area (Å²) in [7, 11) is 1.99. The summed E-state index contributed by atoms with van der Waals surface area (Å²) in [5.41, 5.74) is 2.50. The summed E-state index contributed by atoms with van der Waals surface area (Å²) in [6.07, 6.45) is 5.74. The first-order valence-corrected chi connectivity index (χ1v) is 7.02. The average molecular weight is 251 g/mol. The molecule has 1 atom stereocenters. The van der Waals surface area contributed by atoms with E-state index in [1.807, 2.05) is 11.7 Å². The van der Waals surface area contributed by atoms with Crippen LogP contribution in [0.2, 0.25) is 0 Å². The average Bonchev–Trinajstić information content (AvgIpc) is 2.69. The van der Waals surface area contributed by atoms with Crippen molar-refractivity contribution in [1.29, 1.82) is 0 Å². The summed E-state index contributed by atoms with van der Waals surface area (Å²) in [4.78, 5) is 0. The number of hydrogen-bond acceptors (Lipinski definition) is 3. The van der Waals surface area contributed by atoms with E-state index in [0.717, 1.165) is 31.4 Å². The normalized spacial score (nSPS) is 19.1. The lowest BCUT2D eigenvalue weighted by Crippen LogP contribution is -2.26. The molecule has 1 N–H and O–H groups in total. The minimum Gasteiger partial charge on any atom is -0.381 e. The predicted octanol–water partition coefficient (Wildman–Crippen LogP) is 2.20. The lowest BCUT2D eigenvalue weighted by molar-refractivity contribution is 0.0605. The Hall–Kier alpha value is -0.870. The molecule has 1 aliphatic heterocycles. The van der Waals surface area contributed by atoms with Crippen molar-refractivity contribution < 1.29 is 4.74 Å². The molecule has 102 valence electrons. The molecule has 2 heterocycles. The van der Waals surface area contributed by atoms with E-state index >= 15 is 0 Å². The van der Waals surface area contributed by atoms with Crippen LogP contribution >= 0.6 is 0 Å². The van der Waals surface area contributed by atoms with Gasteiger partial charge in [-0.1, -0.05) is 6.92 Å². The summed E-state index contributed by atoms with van der Waals surface area (Å²) in [6.45, 7) is 7.12. The Morgan fingerprint density at radius 2 is 2.22 bits per heavy atom. The zero-order chi connectivity index (χ0) is 13.0. The molecule has 1 aromatic rings. The number of nitrogens with zero attached hydrogens (tertiary/aromatic N) is 2. The van der Waals surface area contributed by atoms with Crippen LogP contribution in [0.25, 0.3) is 0 Å². The minimum atomic E-state index is 0.437. The van der Waals surface area contributed by atoms with Gasteiger partial charge in [-0.05, 0) is 38.6 Å². The van der Waals surface area contributed by atoms with Gasteiger partial charge in [0.2, 0.25) is 0 Å². The van der Waals surface area contributed by atoms with Gasteiger partial charge in [-0.15, -0.1) is 0 Å². The van der Waals surface area contributed by atoms with Crippen molar-refractivity contribution in [2.75, 3.05) is 19.8 Å². The molecule has 0 aromatic carbocycles. The molecule has 18 heavy (non-hydrogen) atoms. The fraction of sp³-hybridized carbons (Fsp3) is 0.786. The fourth-order valence-corrected chi connectivity index (χ4v) is 2.84.